The van der Waals surface area contributed by atoms with Gasteiger partial charge in [0.05, 0.1) is 7.11 Å². The summed E-state index contributed by atoms with van der Waals surface area (Å²) in [6.45, 7) is 3.14. The van der Waals surface area contributed by atoms with Crippen molar-refractivity contribution in [1.82, 2.24) is 0 Å². The van der Waals surface area contributed by atoms with Crippen LogP contribution in [-0.4, -0.2) is 24.9 Å². The Labute approximate surface area is 99.9 Å². The molecule has 0 radical (unpaired) electrons. The third-order valence-electron chi connectivity index (χ3n) is 2.37. The summed E-state index contributed by atoms with van der Waals surface area (Å²) in [5.41, 5.74) is 7.26. The van der Waals surface area contributed by atoms with Crippen LogP contribution in [0.4, 0.5) is 11.4 Å². The summed E-state index contributed by atoms with van der Waals surface area (Å²) in [7, 11) is 1.33. The molecule has 5 nitrogen and oxygen atoms in total. The number of nitrogen functional groups attached to an aromatic ring is 1. The SMILES string of the molecule is COC(=O)C(C)Nc1ccc(C(C)=O)c(N)c1. The zero-order chi connectivity index (χ0) is 13.0. The Hall–Kier alpha value is -2.04. The Morgan fingerprint density at radius 3 is 2.53 bits per heavy atom. The Bertz CT molecular complexity index is 443. The van der Waals surface area contributed by atoms with Crippen LogP contribution in [0.5, 0.6) is 0 Å². The van der Waals surface area contributed by atoms with Gasteiger partial charge in [-0.25, -0.2) is 4.79 Å². The number of anilines is 2. The number of carbonyl (C=O) groups excluding carboxylic acids is 2. The van der Waals surface area contributed by atoms with Crippen molar-refractivity contribution in [2.75, 3.05) is 18.2 Å². The van der Waals surface area contributed by atoms with E-state index in [1.807, 2.05) is 0 Å². The van der Waals surface area contributed by atoms with Gasteiger partial charge in [0.15, 0.2) is 5.78 Å². The first-order valence-electron chi connectivity index (χ1n) is 5.20. The molecule has 92 valence electrons. The minimum Gasteiger partial charge on any atom is -0.467 e. The Morgan fingerprint density at radius 2 is 2.06 bits per heavy atom. The highest BCUT2D eigenvalue weighted by Crippen LogP contribution is 2.19. The van der Waals surface area contributed by atoms with Crippen molar-refractivity contribution >= 4 is 23.1 Å². The standard InChI is InChI=1S/C12H16N2O3/c1-7(12(16)17-3)14-9-4-5-10(8(2)15)11(13)6-9/h4-7,14H,13H2,1-3H3. The van der Waals surface area contributed by atoms with Gasteiger partial charge in [0.2, 0.25) is 0 Å². The predicted octanol–water partition coefficient (Wildman–Crippen LogP) is 1.44. The molecule has 0 amide bonds. The smallest absolute Gasteiger partial charge is 0.327 e. The number of ether oxygens (including phenoxy) is 1. The van der Waals surface area contributed by atoms with E-state index >= 15 is 0 Å². The number of Topliss-reactive ketones (excluding diaryl/α,β-unsaturated/α-hetero) is 1. The van der Waals surface area contributed by atoms with E-state index in [0.29, 0.717) is 16.9 Å². The number of hydrogen-bond acceptors (Lipinski definition) is 5. The van der Waals surface area contributed by atoms with E-state index in [-0.39, 0.29) is 11.8 Å². The quantitative estimate of drug-likeness (QED) is 0.469. The van der Waals surface area contributed by atoms with Crippen LogP contribution in [0.1, 0.15) is 24.2 Å². The monoisotopic (exact) mass is 236 g/mol. The van der Waals surface area contributed by atoms with Crippen LogP contribution in [0.3, 0.4) is 0 Å². The molecule has 1 aromatic carbocycles. The second-order valence-electron chi connectivity index (χ2n) is 3.75. The lowest BCUT2D eigenvalue weighted by molar-refractivity contribution is -0.141. The summed E-state index contributed by atoms with van der Waals surface area (Å²) >= 11 is 0. The molecule has 1 atom stereocenters. The molecule has 0 aliphatic carbocycles. The number of nitrogens with two attached hydrogens (primary N) is 1. The maximum absolute atomic E-state index is 11.2. The van der Waals surface area contributed by atoms with E-state index < -0.39 is 6.04 Å². The van der Waals surface area contributed by atoms with Crippen LogP contribution in [0, 0.1) is 0 Å². The Morgan fingerprint density at radius 1 is 1.41 bits per heavy atom. The fraction of sp³-hybridized carbons (Fsp3) is 0.333. The van der Waals surface area contributed by atoms with Crippen LogP contribution >= 0.6 is 0 Å². The van der Waals surface area contributed by atoms with Crippen LogP contribution in [0.15, 0.2) is 18.2 Å². The van der Waals surface area contributed by atoms with Gasteiger partial charge in [0.1, 0.15) is 6.04 Å². The molecule has 0 fully saturated rings. The molecule has 3 N–H and O–H groups in total. The van der Waals surface area contributed by atoms with Gasteiger partial charge in [0, 0.05) is 16.9 Å². The molecule has 5 heteroatoms. The number of methoxy groups -OCH3 is 1. The van der Waals surface area contributed by atoms with E-state index in [4.69, 9.17) is 5.73 Å². The lowest BCUT2D eigenvalue weighted by Crippen LogP contribution is -2.27. The molecule has 1 unspecified atom stereocenters. The average molecular weight is 236 g/mol. The zero-order valence-corrected chi connectivity index (χ0v) is 10.1. The lowest BCUT2D eigenvalue weighted by Gasteiger charge is -2.14. The van der Waals surface area contributed by atoms with Crippen molar-refractivity contribution < 1.29 is 14.3 Å². The number of rotatable bonds is 4. The Kier molecular flexibility index (Phi) is 4.09. The molecule has 0 heterocycles. The number of esters is 1. The summed E-state index contributed by atoms with van der Waals surface area (Å²) in [6, 6.07) is 4.48. The van der Waals surface area contributed by atoms with Crippen LogP contribution in [-0.2, 0) is 9.53 Å². The van der Waals surface area contributed by atoms with Gasteiger partial charge >= 0.3 is 5.97 Å². The first kappa shape index (κ1) is 13.0. The van der Waals surface area contributed by atoms with Gasteiger partial charge in [-0.1, -0.05) is 0 Å². The lowest BCUT2D eigenvalue weighted by atomic mass is 10.1. The molecule has 1 aromatic rings. The number of hydrogen-bond donors (Lipinski definition) is 2. The molecule has 1 rings (SSSR count). The second-order valence-corrected chi connectivity index (χ2v) is 3.75. The summed E-state index contributed by atoms with van der Waals surface area (Å²) < 4.78 is 4.59. The highest BCUT2D eigenvalue weighted by Gasteiger charge is 2.13. The molecule has 17 heavy (non-hydrogen) atoms. The van der Waals surface area contributed by atoms with Crippen molar-refractivity contribution in [2.24, 2.45) is 0 Å². The fourth-order valence-corrected chi connectivity index (χ4v) is 1.46. The molecule has 0 aromatic heterocycles. The molecular weight excluding hydrogens is 220 g/mol. The highest BCUT2D eigenvalue weighted by atomic mass is 16.5. The van der Waals surface area contributed by atoms with Crippen molar-refractivity contribution in [3.8, 4) is 0 Å². The fourth-order valence-electron chi connectivity index (χ4n) is 1.46. The van der Waals surface area contributed by atoms with Crippen molar-refractivity contribution in [3.63, 3.8) is 0 Å². The molecular formula is C12H16N2O3. The Balaban J connectivity index is 2.84. The summed E-state index contributed by atoms with van der Waals surface area (Å²) in [5, 5.41) is 2.93. The maximum Gasteiger partial charge on any atom is 0.327 e. The maximum atomic E-state index is 11.2. The average Bonchev–Trinajstić information content (AvgIpc) is 2.27. The number of carbonyl (C=O) groups is 2. The first-order valence-corrected chi connectivity index (χ1v) is 5.20. The predicted molar refractivity (Wildman–Crippen MR) is 66.0 cm³/mol. The third-order valence-corrected chi connectivity index (χ3v) is 2.37. The number of benzene rings is 1. The molecule has 0 spiro atoms. The summed E-state index contributed by atoms with van der Waals surface area (Å²) in [6.07, 6.45) is 0. The van der Waals surface area contributed by atoms with Crippen molar-refractivity contribution in [3.05, 3.63) is 23.8 Å². The van der Waals surface area contributed by atoms with E-state index in [1.165, 1.54) is 14.0 Å². The minimum absolute atomic E-state index is 0.0879. The van der Waals surface area contributed by atoms with Crippen LogP contribution in [0.2, 0.25) is 0 Å². The first-order chi connectivity index (χ1) is 7.95. The van der Waals surface area contributed by atoms with E-state index in [9.17, 15) is 9.59 Å². The molecule has 0 bridgehead atoms. The molecule has 0 saturated heterocycles. The summed E-state index contributed by atoms with van der Waals surface area (Å²) in [4.78, 5) is 22.4. The highest BCUT2D eigenvalue weighted by molar-refractivity contribution is 5.99. The van der Waals surface area contributed by atoms with Gasteiger partial charge in [-0.05, 0) is 32.0 Å². The molecule has 0 aliphatic heterocycles. The largest absolute Gasteiger partial charge is 0.467 e. The van der Waals surface area contributed by atoms with Gasteiger partial charge in [-0.2, -0.15) is 0 Å². The zero-order valence-electron chi connectivity index (χ0n) is 10.1. The van der Waals surface area contributed by atoms with Crippen molar-refractivity contribution in [1.29, 1.82) is 0 Å². The van der Waals surface area contributed by atoms with Crippen molar-refractivity contribution in [2.45, 2.75) is 19.9 Å². The van der Waals surface area contributed by atoms with E-state index in [2.05, 4.69) is 10.1 Å². The van der Waals surface area contributed by atoms with Gasteiger partial charge in [-0.3, -0.25) is 4.79 Å². The van der Waals surface area contributed by atoms with Gasteiger partial charge < -0.3 is 15.8 Å². The second kappa shape index (κ2) is 5.34. The van der Waals surface area contributed by atoms with Crippen LogP contribution in [0.25, 0.3) is 0 Å². The summed E-state index contributed by atoms with van der Waals surface area (Å²) in [5.74, 6) is -0.450. The number of ketones is 1. The van der Waals surface area contributed by atoms with Gasteiger partial charge in [0.25, 0.3) is 0 Å². The third kappa shape index (κ3) is 3.21. The van der Waals surface area contributed by atoms with Gasteiger partial charge in [-0.15, -0.1) is 0 Å². The molecule has 0 aliphatic rings. The normalized spacial score (nSPS) is 11.7. The van der Waals surface area contributed by atoms with E-state index in [1.54, 1.807) is 25.1 Å². The minimum atomic E-state index is -0.470. The topological polar surface area (TPSA) is 81.4 Å². The van der Waals surface area contributed by atoms with E-state index in [0.717, 1.165) is 0 Å². The molecule has 0 saturated carbocycles. The van der Waals surface area contributed by atoms with Crippen LogP contribution < -0.4 is 11.1 Å². The number of nitrogens with one attached hydrogen (secondary N) is 1.